The highest BCUT2D eigenvalue weighted by Gasteiger charge is 2.47. The van der Waals surface area contributed by atoms with E-state index in [0.717, 1.165) is 137 Å². The van der Waals surface area contributed by atoms with Crippen LogP contribution in [0.4, 0.5) is 5.95 Å². The first-order valence-electron chi connectivity index (χ1n) is 30.0. The summed E-state index contributed by atoms with van der Waals surface area (Å²) in [5.41, 5.74) is 20.2. The van der Waals surface area contributed by atoms with Gasteiger partial charge in [-0.25, -0.2) is 34.0 Å². The quantitative estimate of drug-likeness (QED) is 0.0669. The summed E-state index contributed by atoms with van der Waals surface area (Å²) in [6.45, 7) is 34.7. The predicted octanol–water partition coefficient (Wildman–Crippen LogP) is 12.5. The molecular weight excluding hydrogens is 1060 g/mol. The number of imidazole rings is 1. The molecule has 2 N–H and O–H groups in total. The second-order valence-corrected chi connectivity index (χ2v) is 24.9. The molecule has 0 aliphatic heterocycles. The molecule has 18 heteroatoms. The van der Waals surface area contributed by atoms with E-state index in [9.17, 15) is 0 Å². The number of aliphatic imine (C=N–C) groups is 3. The maximum absolute atomic E-state index is 6.20. The number of nitrogens with two attached hydrogens (primary N) is 1. The van der Waals surface area contributed by atoms with Gasteiger partial charge < -0.3 is 20.1 Å². The normalized spacial score (nSPS) is 22.0. The largest absolute Gasteiger partial charge is 0.387 e. The average molecular weight is 1140 g/mol. The number of hydrogen-bond acceptors (Lipinski definition) is 14. The Morgan fingerprint density at radius 2 is 1.33 bits per heavy atom. The Kier molecular flexibility index (Phi) is 17.2. The fourth-order valence-corrected chi connectivity index (χ4v) is 11.6. The third-order valence-electron chi connectivity index (χ3n) is 16.5. The summed E-state index contributed by atoms with van der Waals surface area (Å²) in [6, 6.07) is 12.6. The molecule has 7 aromatic rings. The van der Waals surface area contributed by atoms with Crippen LogP contribution in [0.3, 0.4) is 0 Å². The molecule has 0 spiro atoms. The Labute approximate surface area is 501 Å². The number of aromatic nitrogens is 12. The molecule has 0 saturated heterocycles. The van der Waals surface area contributed by atoms with Crippen molar-refractivity contribution in [2.75, 3.05) is 13.6 Å². The van der Waals surface area contributed by atoms with E-state index in [1.807, 2.05) is 113 Å². The molecule has 12 rings (SSSR count). The molecule has 1 aromatic carbocycles. The Hall–Kier alpha value is -8.54. The van der Waals surface area contributed by atoms with Gasteiger partial charge in [-0.3, -0.25) is 20.0 Å². The number of benzene rings is 1. The SMILES string of the molecule is C=N/C(=C\N(C)C1CC1/C(N)=N/c1nc(C)cc(C)n1)c1ccccc1.C=N/C(=C\N(CC)C1CC1c1nc2c(C)ncc(C)n2n1)C1=CC(C)(C)CC=C1.CCCn1cc(C2=CC(C)(C)CC=C2)nc1C1CC1c1nc2c(C)ncc(C)n2n1. The molecule has 3 saturated carbocycles. The number of fused-ring (bicyclic) bond motifs is 2. The minimum absolute atomic E-state index is 0.150. The summed E-state index contributed by atoms with van der Waals surface area (Å²) >= 11 is 0. The number of aryl methyl sites for hydroxylation is 7. The van der Waals surface area contributed by atoms with Crippen molar-refractivity contribution in [1.29, 1.82) is 0 Å². The maximum Gasteiger partial charge on any atom is 0.251 e. The molecule has 6 unspecified atom stereocenters. The molecule has 0 bridgehead atoms. The number of hydrogen-bond donors (Lipinski definition) is 1. The third-order valence-corrected chi connectivity index (χ3v) is 16.5. The van der Waals surface area contributed by atoms with Gasteiger partial charge in [0.25, 0.3) is 5.95 Å². The van der Waals surface area contributed by atoms with Gasteiger partial charge in [0.05, 0.1) is 39.9 Å². The summed E-state index contributed by atoms with van der Waals surface area (Å²) in [7, 11) is 2.03. The van der Waals surface area contributed by atoms with Gasteiger partial charge in [0, 0.05) is 104 Å². The first kappa shape index (κ1) is 59.6. The zero-order valence-electron chi connectivity index (χ0n) is 52.0. The molecule has 0 radical (unpaired) electrons. The minimum Gasteiger partial charge on any atom is -0.387 e. The number of amidine groups is 1. The number of nitrogens with zero attached hydrogens (tertiary/aromatic N) is 17. The van der Waals surface area contributed by atoms with Gasteiger partial charge in [-0.2, -0.15) is 15.2 Å². The highest BCUT2D eigenvalue weighted by molar-refractivity contribution is 5.88. The van der Waals surface area contributed by atoms with Gasteiger partial charge in [-0.1, -0.05) is 101 Å². The van der Waals surface area contributed by atoms with Gasteiger partial charge >= 0.3 is 0 Å². The van der Waals surface area contributed by atoms with Crippen LogP contribution in [0.5, 0.6) is 0 Å². The highest BCUT2D eigenvalue weighted by atomic mass is 15.3. The van der Waals surface area contributed by atoms with E-state index in [1.54, 1.807) is 0 Å². The van der Waals surface area contributed by atoms with E-state index in [-0.39, 0.29) is 16.7 Å². The summed E-state index contributed by atoms with van der Waals surface area (Å²) < 4.78 is 6.19. The molecule has 5 aliphatic carbocycles. The molecule has 3 fully saturated rings. The third kappa shape index (κ3) is 13.7. The van der Waals surface area contributed by atoms with Crippen LogP contribution in [-0.2, 0) is 6.54 Å². The summed E-state index contributed by atoms with van der Waals surface area (Å²) in [5, 5.41) is 9.58. The van der Waals surface area contributed by atoms with Crippen LogP contribution in [0.15, 0.2) is 130 Å². The number of allylic oxidation sites excluding steroid dienone is 7. The van der Waals surface area contributed by atoms with Crippen LogP contribution < -0.4 is 5.73 Å². The fraction of sp³-hybridized carbons (Fsp3) is 0.433. The smallest absolute Gasteiger partial charge is 0.251 e. The van der Waals surface area contributed by atoms with E-state index < -0.39 is 0 Å². The van der Waals surface area contributed by atoms with E-state index in [4.69, 9.17) is 30.9 Å². The second kappa shape index (κ2) is 24.6. The van der Waals surface area contributed by atoms with Crippen molar-refractivity contribution in [2.45, 2.75) is 158 Å². The van der Waals surface area contributed by atoms with Gasteiger partial charge in [0.1, 0.15) is 11.7 Å². The lowest BCUT2D eigenvalue weighted by atomic mass is 9.83. The zero-order valence-corrected chi connectivity index (χ0v) is 52.0. The zero-order chi connectivity index (χ0) is 60.5. The molecule has 0 amide bonds. The molecular formula is C67H84N18. The van der Waals surface area contributed by atoms with Crippen LogP contribution in [0, 0.1) is 58.3 Å². The van der Waals surface area contributed by atoms with Crippen molar-refractivity contribution >= 4 is 47.8 Å². The Bertz CT molecular complexity index is 3760. The molecule has 6 heterocycles. The van der Waals surface area contributed by atoms with Crippen LogP contribution in [0.25, 0.3) is 22.6 Å². The maximum atomic E-state index is 6.20. The molecule has 6 aromatic heterocycles. The van der Waals surface area contributed by atoms with Crippen molar-refractivity contribution in [1.82, 2.24) is 68.5 Å². The average Bonchev–Trinajstić information content (AvgIpc) is 2.27. The van der Waals surface area contributed by atoms with Crippen molar-refractivity contribution in [2.24, 2.45) is 37.5 Å². The fourth-order valence-electron chi connectivity index (χ4n) is 11.6. The van der Waals surface area contributed by atoms with E-state index in [2.05, 4.69) is 153 Å². The highest BCUT2D eigenvalue weighted by Crippen LogP contribution is 2.54. The van der Waals surface area contributed by atoms with Crippen molar-refractivity contribution in [3.63, 3.8) is 0 Å². The van der Waals surface area contributed by atoms with Crippen LogP contribution >= 0.6 is 0 Å². The summed E-state index contributed by atoms with van der Waals surface area (Å²) in [5.74, 6) is 5.27. The molecule has 5 aliphatic rings. The van der Waals surface area contributed by atoms with Gasteiger partial charge in [-0.15, -0.1) is 0 Å². The molecule has 85 heavy (non-hydrogen) atoms. The second-order valence-electron chi connectivity index (χ2n) is 24.9. The summed E-state index contributed by atoms with van der Waals surface area (Å²) in [4.78, 5) is 49.6. The van der Waals surface area contributed by atoms with Crippen LogP contribution in [0.1, 0.15) is 161 Å². The van der Waals surface area contributed by atoms with Gasteiger partial charge in [0.15, 0.2) is 22.9 Å². The topological polar surface area (TPSA) is 199 Å². The Morgan fingerprint density at radius 1 is 0.718 bits per heavy atom. The lowest BCUT2D eigenvalue weighted by molar-refractivity contribution is 0.375. The van der Waals surface area contributed by atoms with E-state index in [0.29, 0.717) is 41.6 Å². The van der Waals surface area contributed by atoms with Crippen LogP contribution in [-0.4, -0.2) is 113 Å². The number of rotatable bonds is 17. The monoisotopic (exact) mass is 1140 g/mol. The summed E-state index contributed by atoms with van der Waals surface area (Å²) in [6.07, 6.45) is 29.9. The Balaban J connectivity index is 0.000000142. The first-order chi connectivity index (χ1) is 40.7. The van der Waals surface area contributed by atoms with Gasteiger partial charge in [0.2, 0.25) is 0 Å². The lowest BCUT2D eigenvalue weighted by Crippen LogP contribution is -2.23. The lowest BCUT2D eigenvalue weighted by Gasteiger charge is -2.25. The van der Waals surface area contributed by atoms with Gasteiger partial charge in [-0.05, 0) is 128 Å². The van der Waals surface area contributed by atoms with Crippen molar-refractivity contribution in [3.8, 4) is 0 Å². The van der Waals surface area contributed by atoms with Crippen LogP contribution in [0.2, 0.25) is 0 Å². The van der Waals surface area contributed by atoms with Crippen molar-refractivity contribution < 1.29 is 0 Å². The number of likely N-dealkylation sites (N-methyl/N-ethyl adjacent to an activating group) is 1. The predicted molar refractivity (Wildman–Crippen MR) is 342 cm³/mol. The standard InChI is InChI=1S/C24H30N6.C23H30N6.C20H24N6/c1-6-10-29-14-20(17-8-7-9-24(4,5)12-17)26-23(29)19-11-18(19)21-27-22-16(3)25-13-15(2)30(22)28-21;1-7-28(14-19(24-6)17-9-8-10-23(4,5)12-17)20-11-18(20)21-26-22-16(3)25-13-15(2)29(22)27-21;1-13-10-14(2)24-20(23-13)25-19(21)16-11-18(16)26(4)12-17(22-3)15-8-6-5-7-9-15/h7-8,12-14,18-19H,6,9-11H2,1-5H3;8-9,12-14,18,20H,6-7,10-11H2,1-5H3;5-10,12,16,18H,3,11H2,1-2,4H3,(H2,21,23,24,25)/b;19-14-;17-12-. The van der Waals surface area contributed by atoms with Crippen molar-refractivity contribution in [3.05, 3.63) is 178 Å². The minimum atomic E-state index is 0.150. The van der Waals surface area contributed by atoms with E-state index >= 15 is 0 Å². The molecule has 442 valence electrons. The van der Waals surface area contributed by atoms with E-state index in [1.165, 1.54) is 11.4 Å². The molecule has 6 atom stereocenters. The first-order valence-corrected chi connectivity index (χ1v) is 30.0. The Morgan fingerprint density at radius 3 is 1.91 bits per heavy atom. The molecule has 18 nitrogen and oxygen atoms in total.